The lowest BCUT2D eigenvalue weighted by Crippen LogP contribution is -2.27. The first-order chi connectivity index (χ1) is 9.61. The average molecular weight is 281 g/mol. The molecule has 0 aromatic carbocycles. The molecule has 8 nitrogen and oxygen atoms in total. The molecule has 0 spiro atoms. The third-order valence-corrected chi connectivity index (χ3v) is 3.20. The molecule has 2 rings (SSSR count). The van der Waals surface area contributed by atoms with Crippen molar-refractivity contribution in [3.63, 3.8) is 0 Å². The molecule has 1 saturated heterocycles. The van der Waals surface area contributed by atoms with Crippen LogP contribution in [0.15, 0.2) is 6.20 Å². The lowest BCUT2D eigenvalue weighted by Gasteiger charge is -2.16. The minimum absolute atomic E-state index is 0.0108. The Hall–Kier alpha value is -1.96. The van der Waals surface area contributed by atoms with Gasteiger partial charge in [-0.05, 0) is 19.8 Å². The summed E-state index contributed by atoms with van der Waals surface area (Å²) in [5.74, 6) is 0.637. The summed E-state index contributed by atoms with van der Waals surface area (Å²) >= 11 is 0. The third kappa shape index (κ3) is 3.32. The first kappa shape index (κ1) is 14.4. The van der Waals surface area contributed by atoms with Crippen molar-refractivity contribution >= 4 is 17.5 Å². The molecule has 1 fully saturated rings. The number of hydrogen-bond donors (Lipinski definition) is 2. The van der Waals surface area contributed by atoms with Crippen LogP contribution in [-0.4, -0.2) is 40.2 Å². The molecule has 2 N–H and O–H groups in total. The van der Waals surface area contributed by atoms with Crippen LogP contribution in [0.3, 0.4) is 0 Å². The monoisotopic (exact) mass is 281 g/mol. The maximum atomic E-state index is 11.0. The van der Waals surface area contributed by atoms with E-state index < -0.39 is 4.92 Å². The van der Waals surface area contributed by atoms with E-state index in [-0.39, 0.29) is 23.7 Å². The standard InChI is InChI=1S/C12H19N5O3/c1-3-5-13-12-14-7-10(17(18)19)11(16-12)15-9-4-6-20-8(9)2/h7-9H,3-6H2,1-2H3,(H2,13,14,15,16). The largest absolute Gasteiger partial charge is 0.376 e. The first-order valence-electron chi connectivity index (χ1n) is 6.75. The van der Waals surface area contributed by atoms with E-state index in [2.05, 4.69) is 20.6 Å². The molecule has 2 atom stereocenters. The van der Waals surface area contributed by atoms with E-state index in [1.54, 1.807) is 0 Å². The number of nitrogens with zero attached hydrogens (tertiary/aromatic N) is 3. The highest BCUT2D eigenvalue weighted by Crippen LogP contribution is 2.25. The zero-order valence-electron chi connectivity index (χ0n) is 11.6. The quantitative estimate of drug-likeness (QED) is 0.605. The van der Waals surface area contributed by atoms with Gasteiger partial charge in [0.2, 0.25) is 11.8 Å². The highest BCUT2D eigenvalue weighted by Gasteiger charge is 2.27. The van der Waals surface area contributed by atoms with Crippen LogP contribution in [0.4, 0.5) is 17.5 Å². The smallest absolute Gasteiger partial charge is 0.329 e. The van der Waals surface area contributed by atoms with Crippen LogP contribution >= 0.6 is 0 Å². The minimum atomic E-state index is -0.480. The first-order valence-corrected chi connectivity index (χ1v) is 6.75. The van der Waals surface area contributed by atoms with Crippen molar-refractivity contribution in [3.8, 4) is 0 Å². The van der Waals surface area contributed by atoms with Crippen LogP contribution in [0, 0.1) is 10.1 Å². The van der Waals surface area contributed by atoms with Crippen molar-refractivity contribution in [1.82, 2.24) is 9.97 Å². The number of ether oxygens (including phenoxy) is 1. The van der Waals surface area contributed by atoms with Gasteiger partial charge in [0, 0.05) is 13.2 Å². The zero-order valence-corrected chi connectivity index (χ0v) is 11.6. The lowest BCUT2D eigenvalue weighted by atomic mass is 10.1. The van der Waals surface area contributed by atoms with Gasteiger partial charge < -0.3 is 15.4 Å². The van der Waals surface area contributed by atoms with Crippen LogP contribution < -0.4 is 10.6 Å². The molecular weight excluding hydrogens is 262 g/mol. The average Bonchev–Trinajstić information content (AvgIpc) is 2.82. The Morgan fingerprint density at radius 2 is 2.40 bits per heavy atom. The van der Waals surface area contributed by atoms with Crippen LogP contribution in [0.2, 0.25) is 0 Å². The van der Waals surface area contributed by atoms with E-state index in [0.717, 1.165) is 19.4 Å². The number of hydrogen-bond acceptors (Lipinski definition) is 7. The number of anilines is 2. The maximum Gasteiger partial charge on any atom is 0.329 e. The van der Waals surface area contributed by atoms with Crippen LogP contribution in [0.25, 0.3) is 0 Å². The molecule has 1 aliphatic heterocycles. The summed E-state index contributed by atoms with van der Waals surface area (Å²) in [7, 11) is 0. The summed E-state index contributed by atoms with van der Waals surface area (Å²) in [6.45, 7) is 5.34. The van der Waals surface area contributed by atoms with Gasteiger partial charge in [-0.3, -0.25) is 10.1 Å². The summed E-state index contributed by atoms with van der Waals surface area (Å²) in [5.41, 5.74) is -0.119. The Morgan fingerprint density at radius 1 is 1.60 bits per heavy atom. The van der Waals surface area contributed by atoms with Crippen molar-refractivity contribution in [2.24, 2.45) is 0 Å². The SMILES string of the molecule is CCCNc1ncc([N+](=O)[O-])c(NC2CCOC2C)n1. The number of nitro groups is 1. The molecule has 1 aromatic heterocycles. The van der Waals surface area contributed by atoms with Crippen molar-refractivity contribution in [1.29, 1.82) is 0 Å². The fourth-order valence-corrected chi connectivity index (χ4v) is 2.03. The fraction of sp³-hybridized carbons (Fsp3) is 0.667. The van der Waals surface area contributed by atoms with E-state index in [4.69, 9.17) is 4.74 Å². The third-order valence-electron chi connectivity index (χ3n) is 3.20. The molecule has 0 saturated carbocycles. The number of rotatable bonds is 6. The Labute approximate surface area is 117 Å². The molecule has 2 unspecified atom stereocenters. The number of aromatic nitrogens is 2. The minimum Gasteiger partial charge on any atom is -0.376 e. The second-order valence-electron chi connectivity index (χ2n) is 4.73. The predicted octanol–water partition coefficient (Wildman–Crippen LogP) is 1.80. The van der Waals surface area contributed by atoms with Crippen molar-refractivity contribution in [2.75, 3.05) is 23.8 Å². The normalized spacial score (nSPS) is 21.7. The second kappa shape index (κ2) is 6.47. The molecule has 1 aliphatic rings. The molecule has 20 heavy (non-hydrogen) atoms. The topological polar surface area (TPSA) is 102 Å². The van der Waals surface area contributed by atoms with E-state index >= 15 is 0 Å². The molecule has 0 aliphatic carbocycles. The summed E-state index contributed by atoms with van der Waals surface area (Å²) in [6, 6.07) is 0.0302. The van der Waals surface area contributed by atoms with Gasteiger partial charge in [-0.25, -0.2) is 4.98 Å². The van der Waals surface area contributed by atoms with E-state index in [0.29, 0.717) is 12.6 Å². The highest BCUT2D eigenvalue weighted by atomic mass is 16.6. The Balaban J connectivity index is 2.19. The van der Waals surface area contributed by atoms with Gasteiger partial charge in [-0.2, -0.15) is 4.98 Å². The molecule has 8 heteroatoms. The van der Waals surface area contributed by atoms with Crippen molar-refractivity contribution in [3.05, 3.63) is 16.3 Å². The molecular formula is C12H19N5O3. The summed E-state index contributed by atoms with van der Waals surface area (Å²) < 4.78 is 5.44. The van der Waals surface area contributed by atoms with Gasteiger partial charge in [0.15, 0.2) is 0 Å². The molecule has 2 heterocycles. The summed E-state index contributed by atoms with van der Waals surface area (Å²) in [4.78, 5) is 18.7. The summed E-state index contributed by atoms with van der Waals surface area (Å²) in [5, 5.41) is 17.2. The van der Waals surface area contributed by atoms with E-state index in [1.165, 1.54) is 6.20 Å². The molecule has 1 aromatic rings. The number of nitrogens with one attached hydrogen (secondary N) is 2. The van der Waals surface area contributed by atoms with Crippen LogP contribution in [0.5, 0.6) is 0 Å². The Bertz CT molecular complexity index is 482. The van der Waals surface area contributed by atoms with Gasteiger partial charge in [-0.15, -0.1) is 0 Å². The molecule has 110 valence electrons. The molecule has 0 bridgehead atoms. The lowest BCUT2D eigenvalue weighted by molar-refractivity contribution is -0.384. The van der Waals surface area contributed by atoms with Gasteiger partial charge in [-0.1, -0.05) is 6.92 Å². The van der Waals surface area contributed by atoms with Gasteiger partial charge in [0.05, 0.1) is 17.1 Å². The summed E-state index contributed by atoms with van der Waals surface area (Å²) in [6.07, 6.45) is 2.97. The van der Waals surface area contributed by atoms with Gasteiger partial charge >= 0.3 is 5.69 Å². The van der Waals surface area contributed by atoms with Crippen LogP contribution in [-0.2, 0) is 4.74 Å². The van der Waals surface area contributed by atoms with Gasteiger partial charge in [0.1, 0.15) is 6.20 Å². The predicted molar refractivity (Wildman–Crippen MR) is 74.9 cm³/mol. The van der Waals surface area contributed by atoms with E-state index in [1.807, 2.05) is 13.8 Å². The fourth-order valence-electron chi connectivity index (χ4n) is 2.03. The van der Waals surface area contributed by atoms with Crippen LogP contribution in [0.1, 0.15) is 26.7 Å². The highest BCUT2D eigenvalue weighted by molar-refractivity contribution is 5.57. The molecule has 0 amide bonds. The van der Waals surface area contributed by atoms with Crippen molar-refractivity contribution < 1.29 is 9.66 Å². The Morgan fingerprint density at radius 3 is 3.00 bits per heavy atom. The zero-order chi connectivity index (χ0) is 14.5. The molecule has 0 radical (unpaired) electrons. The maximum absolute atomic E-state index is 11.0. The van der Waals surface area contributed by atoms with Crippen molar-refractivity contribution in [2.45, 2.75) is 38.8 Å². The van der Waals surface area contributed by atoms with E-state index in [9.17, 15) is 10.1 Å². The Kier molecular flexibility index (Phi) is 4.67. The van der Waals surface area contributed by atoms with Gasteiger partial charge in [0.25, 0.3) is 0 Å². The second-order valence-corrected chi connectivity index (χ2v) is 4.73.